The zero-order valence-corrected chi connectivity index (χ0v) is 18.9. The lowest BCUT2D eigenvalue weighted by molar-refractivity contribution is 0.366. The summed E-state index contributed by atoms with van der Waals surface area (Å²) in [5, 5.41) is 0. The van der Waals surface area contributed by atoms with Crippen LogP contribution in [-0.4, -0.2) is 24.4 Å². The highest BCUT2D eigenvalue weighted by Gasteiger charge is 2.28. The van der Waals surface area contributed by atoms with Gasteiger partial charge in [0.25, 0.3) is 0 Å². The number of hydrogen-bond donors (Lipinski definition) is 2. The molecule has 0 bridgehead atoms. The number of nitrogens with one attached hydrogen (secondary N) is 2. The molecule has 0 unspecified atom stereocenters. The summed E-state index contributed by atoms with van der Waals surface area (Å²) in [7, 11) is -3.48. The maximum absolute atomic E-state index is 12.7. The summed E-state index contributed by atoms with van der Waals surface area (Å²) < 4.78 is 28.3. The smallest absolute Gasteiger partial charge is 0.240 e. The fourth-order valence-corrected chi connectivity index (χ4v) is 5.82. The first kappa shape index (κ1) is 20.9. The molecule has 1 heterocycles. The van der Waals surface area contributed by atoms with Gasteiger partial charge in [-0.25, -0.2) is 18.1 Å². The van der Waals surface area contributed by atoms with Crippen molar-refractivity contribution in [1.29, 1.82) is 0 Å². The summed E-state index contributed by atoms with van der Waals surface area (Å²) in [5.74, 6) is 1.33. The van der Waals surface area contributed by atoms with E-state index in [1.54, 1.807) is 12.1 Å². The topological polar surface area (TPSA) is 74.8 Å². The summed E-state index contributed by atoms with van der Waals surface area (Å²) in [6.07, 6.45) is 3.43. The highest BCUT2D eigenvalue weighted by atomic mass is 32.2. The maximum atomic E-state index is 12.7. The number of aromatic nitrogens is 2. The third-order valence-electron chi connectivity index (χ3n) is 6.38. The van der Waals surface area contributed by atoms with Gasteiger partial charge in [-0.3, -0.25) is 0 Å². The molecule has 1 aliphatic carbocycles. The zero-order valence-electron chi connectivity index (χ0n) is 18.1. The van der Waals surface area contributed by atoms with Gasteiger partial charge in [0.15, 0.2) is 0 Å². The van der Waals surface area contributed by atoms with Gasteiger partial charge in [-0.05, 0) is 68.0 Å². The molecular weight excluding hydrogens is 418 g/mol. The van der Waals surface area contributed by atoms with Crippen molar-refractivity contribution in [1.82, 2.24) is 14.7 Å². The van der Waals surface area contributed by atoms with Crippen LogP contribution in [0, 0.1) is 6.92 Å². The van der Waals surface area contributed by atoms with Gasteiger partial charge >= 0.3 is 0 Å². The Morgan fingerprint density at radius 1 is 0.875 bits per heavy atom. The summed E-state index contributed by atoms with van der Waals surface area (Å²) in [6, 6.07) is 23.6. The van der Waals surface area contributed by atoms with E-state index in [4.69, 9.17) is 4.98 Å². The number of H-pyrrole nitrogens is 1. The molecule has 2 N–H and O–H groups in total. The van der Waals surface area contributed by atoms with Crippen LogP contribution in [0.4, 0.5) is 0 Å². The van der Waals surface area contributed by atoms with Crippen LogP contribution in [0.15, 0.2) is 77.7 Å². The van der Waals surface area contributed by atoms with E-state index in [1.807, 2.05) is 37.3 Å². The number of imidazole rings is 1. The predicted molar refractivity (Wildman–Crippen MR) is 128 cm³/mol. The molecule has 0 radical (unpaired) electrons. The SMILES string of the molecule is Cc1ccc(S(=O)(=O)N[C@H]2CC[C@@H](c3nc4cc(-c5ccccc5)ccc4[nH]3)CC2)cc1. The minimum Gasteiger partial charge on any atom is -0.342 e. The first-order valence-electron chi connectivity index (χ1n) is 11.1. The molecule has 0 spiro atoms. The van der Waals surface area contributed by atoms with Gasteiger partial charge in [0.1, 0.15) is 5.82 Å². The Bertz CT molecular complexity index is 1320. The van der Waals surface area contributed by atoms with E-state index < -0.39 is 10.0 Å². The van der Waals surface area contributed by atoms with Crippen molar-refractivity contribution in [3.05, 3.63) is 84.2 Å². The number of fused-ring (bicyclic) bond motifs is 1. The molecule has 164 valence electrons. The van der Waals surface area contributed by atoms with Crippen LogP contribution in [0.5, 0.6) is 0 Å². The second-order valence-corrected chi connectivity index (χ2v) is 10.4. The number of rotatable bonds is 5. The number of hydrogen-bond acceptors (Lipinski definition) is 3. The Hall–Kier alpha value is -2.96. The molecule has 3 aromatic carbocycles. The Morgan fingerprint density at radius 3 is 2.31 bits per heavy atom. The third-order valence-corrected chi connectivity index (χ3v) is 7.91. The monoisotopic (exact) mass is 445 g/mol. The lowest BCUT2D eigenvalue weighted by Crippen LogP contribution is -2.37. The fraction of sp³-hybridized carbons (Fsp3) is 0.269. The van der Waals surface area contributed by atoms with E-state index >= 15 is 0 Å². The van der Waals surface area contributed by atoms with Gasteiger partial charge in [-0.2, -0.15) is 0 Å². The fourth-order valence-electron chi connectivity index (χ4n) is 4.52. The molecule has 0 atom stereocenters. The molecule has 0 amide bonds. The quantitative estimate of drug-likeness (QED) is 0.423. The van der Waals surface area contributed by atoms with E-state index in [-0.39, 0.29) is 6.04 Å². The molecule has 6 heteroatoms. The molecule has 5 nitrogen and oxygen atoms in total. The highest BCUT2D eigenvalue weighted by molar-refractivity contribution is 7.89. The first-order chi connectivity index (χ1) is 15.5. The van der Waals surface area contributed by atoms with Gasteiger partial charge in [0, 0.05) is 12.0 Å². The van der Waals surface area contributed by atoms with E-state index in [0.717, 1.165) is 53.7 Å². The number of aryl methyl sites for hydroxylation is 1. The molecule has 4 aromatic rings. The Labute approximate surface area is 189 Å². The summed E-state index contributed by atoms with van der Waals surface area (Å²) in [5.41, 5.74) is 5.40. The molecule has 0 saturated heterocycles. The number of sulfonamides is 1. The van der Waals surface area contributed by atoms with Gasteiger partial charge in [-0.1, -0.05) is 54.1 Å². The van der Waals surface area contributed by atoms with Crippen LogP contribution in [0.3, 0.4) is 0 Å². The molecule has 1 aromatic heterocycles. The lowest BCUT2D eigenvalue weighted by Gasteiger charge is -2.27. The van der Waals surface area contributed by atoms with Crippen LogP contribution < -0.4 is 4.72 Å². The Kier molecular flexibility index (Phi) is 5.57. The molecular formula is C26H27N3O2S. The standard InChI is InChI=1S/C26H27N3O2S/c1-18-7-14-23(15-8-18)32(30,31)29-22-12-9-20(10-13-22)26-27-24-16-11-21(17-25(24)28-26)19-5-3-2-4-6-19/h2-8,11,14-17,20,22,29H,9-10,12-13H2,1H3,(H,27,28)/t20-,22+. The average molecular weight is 446 g/mol. The normalized spacial score (nSPS) is 19.3. The number of nitrogens with zero attached hydrogens (tertiary/aromatic N) is 1. The van der Waals surface area contributed by atoms with E-state index in [2.05, 4.69) is 40.0 Å². The van der Waals surface area contributed by atoms with Crippen LogP contribution >= 0.6 is 0 Å². The minimum atomic E-state index is -3.48. The summed E-state index contributed by atoms with van der Waals surface area (Å²) >= 11 is 0. The van der Waals surface area contributed by atoms with Crippen LogP contribution in [0.25, 0.3) is 22.2 Å². The van der Waals surface area contributed by atoms with Crippen molar-refractivity contribution in [2.75, 3.05) is 0 Å². The van der Waals surface area contributed by atoms with E-state index in [1.165, 1.54) is 5.56 Å². The molecule has 32 heavy (non-hydrogen) atoms. The van der Waals surface area contributed by atoms with Crippen molar-refractivity contribution >= 4 is 21.1 Å². The van der Waals surface area contributed by atoms with E-state index in [0.29, 0.717) is 10.8 Å². The van der Waals surface area contributed by atoms with Crippen molar-refractivity contribution < 1.29 is 8.42 Å². The van der Waals surface area contributed by atoms with Crippen molar-refractivity contribution in [3.63, 3.8) is 0 Å². The molecule has 5 rings (SSSR count). The van der Waals surface area contributed by atoms with Gasteiger partial charge in [0.05, 0.1) is 15.9 Å². The average Bonchev–Trinajstić information content (AvgIpc) is 3.24. The van der Waals surface area contributed by atoms with Crippen molar-refractivity contribution in [2.45, 2.75) is 49.5 Å². The Balaban J connectivity index is 1.26. The van der Waals surface area contributed by atoms with Gasteiger partial charge in [0.2, 0.25) is 10.0 Å². The molecule has 1 fully saturated rings. The largest absolute Gasteiger partial charge is 0.342 e. The molecule has 0 aliphatic heterocycles. The number of aromatic amines is 1. The van der Waals surface area contributed by atoms with E-state index in [9.17, 15) is 8.42 Å². The van der Waals surface area contributed by atoms with Crippen LogP contribution in [-0.2, 0) is 10.0 Å². The van der Waals surface area contributed by atoms with Crippen molar-refractivity contribution in [2.24, 2.45) is 0 Å². The second-order valence-electron chi connectivity index (χ2n) is 8.70. The molecule has 1 saturated carbocycles. The summed E-state index contributed by atoms with van der Waals surface area (Å²) in [4.78, 5) is 8.70. The van der Waals surface area contributed by atoms with Gasteiger partial charge < -0.3 is 4.98 Å². The van der Waals surface area contributed by atoms with Crippen molar-refractivity contribution in [3.8, 4) is 11.1 Å². The first-order valence-corrected chi connectivity index (χ1v) is 12.6. The maximum Gasteiger partial charge on any atom is 0.240 e. The second kappa shape index (κ2) is 8.52. The molecule has 1 aliphatic rings. The zero-order chi connectivity index (χ0) is 22.1. The summed E-state index contributed by atoms with van der Waals surface area (Å²) in [6.45, 7) is 1.95. The lowest BCUT2D eigenvalue weighted by atomic mass is 9.86. The third kappa shape index (κ3) is 4.33. The minimum absolute atomic E-state index is 0.0355. The van der Waals surface area contributed by atoms with Crippen LogP contribution in [0.2, 0.25) is 0 Å². The Morgan fingerprint density at radius 2 is 1.59 bits per heavy atom. The number of benzene rings is 3. The van der Waals surface area contributed by atoms with Gasteiger partial charge in [-0.15, -0.1) is 0 Å². The highest BCUT2D eigenvalue weighted by Crippen LogP contribution is 2.33. The predicted octanol–water partition coefficient (Wildman–Crippen LogP) is 5.54. The van der Waals surface area contributed by atoms with Crippen LogP contribution in [0.1, 0.15) is 43.0 Å².